The van der Waals surface area contributed by atoms with Crippen molar-refractivity contribution >= 4 is 31.4 Å². The smallest absolute Gasteiger partial charge is 0.261 e. The van der Waals surface area contributed by atoms with Gasteiger partial charge in [-0.05, 0) is 74.9 Å². The molecule has 2 aromatic rings. The number of hydrogen-bond acceptors (Lipinski definition) is 6. The molecule has 10 heteroatoms. The van der Waals surface area contributed by atoms with Crippen LogP contribution in [0.25, 0.3) is 0 Å². The zero-order valence-electron chi connectivity index (χ0n) is 20.1. The van der Waals surface area contributed by atoms with E-state index in [2.05, 4.69) is 23.5 Å². The van der Waals surface area contributed by atoms with Crippen LogP contribution in [0.2, 0.25) is 0 Å². The van der Waals surface area contributed by atoms with E-state index in [0.29, 0.717) is 5.69 Å². The maximum atomic E-state index is 13.1. The molecule has 0 saturated carbocycles. The minimum atomic E-state index is -3.90. The Hall–Kier alpha value is -2.14. The Labute approximate surface area is 203 Å². The Bertz CT molecular complexity index is 1250. The summed E-state index contributed by atoms with van der Waals surface area (Å²) in [4.78, 5) is 2.27. The van der Waals surface area contributed by atoms with Crippen LogP contribution in [-0.2, 0) is 24.8 Å². The summed E-state index contributed by atoms with van der Waals surface area (Å²) >= 11 is 0. The topological polar surface area (TPSA) is 96.0 Å². The van der Waals surface area contributed by atoms with Gasteiger partial charge in [0.05, 0.1) is 33.4 Å². The van der Waals surface area contributed by atoms with Gasteiger partial charge in [-0.1, -0.05) is 12.1 Å². The van der Waals surface area contributed by atoms with Crippen LogP contribution in [0.4, 0.5) is 11.4 Å². The van der Waals surface area contributed by atoms with E-state index in [0.717, 1.165) is 49.0 Å². The number of piperidine rings is 1. The SMILES string of the molecule is CN(C)S(=O)(=O)c1ccc(S(=O)(=O)Nc2ccccc2N2CCC3(CC2)COC(C)(C)C3)cc1. The van der Waals surface area contributed by atoms with Crippen molar-refractivity contribution in [2.75, 3.05) is 43.4 Å². The number of sulfonamides is 2. The number of para-hydroxylation sites is 2. The molecule has 2 aliphatic heterocycles. The van der Waals surface area contributed by atoms with Gasteiger partial charge in [0.15, 0.2) is 0 Å². The van der Waals surface area contributed by atoms with Crippen molar-refractivity contribution in [2.24, 2.45) is 5.41 Å². The van der Waals surface area contributed by atoms with Crippen LogP contribution in [0.15, 0.2) is 58.3 Å². The van der Waals surface area contributed by atoms with Gasteiger partial charge < -0.3 is 9.64 Å². The largest absolute Gasteiger partial charge is 0.375 e. The predicted molar refractivity (Wildman–Crippen MR) is 133 cm³/mol. The summed E-state index contributed by atoms with van der Waals surface area (Å²) in [5, 5.41) is 0. The Kier molecular flexibility index (Phi) is 6.48. The van der Waals surface area contributed by atoms with E-state index >= 15 is 0 Å². The maximum absolute atomic E-state index is 13.1. The predicted octanol–water partition coefficient (Wildman–Crippen LogP) is 3.52. The van der Waals surface area contributed by atoms with Crippen LogP contribution in [0, 0.1) is 5.41 Å². The first-order valence-corrected chi connectivity index (χ1v) is 14.3. The molecule has 2 saturated heterocycles. The summed E-state index contributed by atoms with van der Waals surface area (Å²) < 4.78 is 60.6. The Balaban J connectivity index is 1.51. The molecule has 1 spiro atoms. The second-order valence-corrected chi connectivity index (χ2v) is 13.9. The molecule has 0 aliphatic carbocycles. The first-order valence-electron chi connectivity index (χ1n) is 11.4. The molecule has 2 aliphatic rings. The van der Waals surface area contributed by atoms with Gasteiger partial charge >= 0.3 is 0 Å². The molecule has 0 unspecified atom stereocenters. The lowest BCUT2D eigenvalue weighted by molar-refractivity contribution is 0.0295. The number of rotatable bonds is 6. The Morgan fingerprint density at radius 1 is 0.912 bits per heavy atom. The number of hydrogen-bond donors (Lipinski definition) is 1. The summed E-state index contributed by atoms with van der Waals surface area (Å²) in [6.07, 6.45) is 3.04. The summed E-state index contributed by atoms with van der Waals surface area (Å²) in [6, 6.07) is 12.6. The number of anilines is 2. The van der Waals surface area contributed by atoms with Gasteiger partial charge in [0, 0.05) is 27.2 Å². The lowest BCUT2D eigenvalue weighted by Crippen LogP contribution is -2.41. The van der Waals surface area contributed by atoms with E-state index in [1.165, 1.54) is 38.4 Å². The minimum absolute atomic E-state index is 0.00272. The fourth-order valence-electron chi connectivity index (χ4n) is 4.94. The van der Waals surface area contributed by atoms with E-state index in [1.807, 2.05) is 12.1 Å². The third kappa shape index (κ3) is 4.95. The fraction of sp³-hybridized carbons (Fsp3) is 0.500. The van der Waals surface area contributed by atoms with Crippen molar-refractivity contribution in [1.29, 1.82) is 0 Å². The number of nitrogens with one attached hydrogen (secondary N) is 1. The van der Waals surface area contributed by atoms with Gasteiger partial charge in [-0.2, -0.15) is 0 Å². The van der Waals surface area contributed by atoms with Crippen molar-refractivity contribution in [1.82, 2.24) is 4.31 Å². The zero-order chi connectivity index (χ0) is 24.8. The second kappa shape index (κ2) is 8.82. The molecule has 0 aromatic heterocycles. The lowest BCUT2D eigenvalue weighted by atomic mass is 9.74. The molecule has 1 N–H and O–H groups in total. The molecule has 4 rings (SSSR count). The van der Waals surface area contributed by atoms with Crippen LogP contribution in [0.3, 0.4) is 0 Å². The van der Waals surface area contributed by atoms with Gasteiger partial charge in [0.25, 0.3) is 10.0 Å². The van der Waals surface area contributed by atoms with E-state index in [1.54, 1.807) is 12.1 Å². The standard InChI is InChI=1S/C24H33N3O5S2/c1-23(2)17-24(18-32-23)13-15-27(16-14-24)22-8-6-5-7-21(22)25-33(28,29)19-9-11-20(12-10-19)34(30,31)26(3)4/h5-12,25H,13-18H2,1-4H3. The molecule has 186 valence electrons. The summed E-state index contributed by atoms with van der Waals surface area (Å²) in [5.41, 5.74) is 1.46. The first-order chi connectivity index (χ1) is 15.8. The molecular formula is C24H33N3O5S2. The van der Waals surface area contributed by atoms with Crippen LogP contribution >= 0.6 is 0 Å². The van der Waals surface area contributed by atoms with Crippen molar-refractivity contribution in [3.63, 3.8) is 0 Å². The van der Waals surface area contributed by atoms with E-state index < -0.39 is 20.0 Å². The van der Waals surface area contributed by atoms with E-state index in [-0.39, 0.29) is 20.8 Å². The fourth-order valence-corrected chi connectivity index (χ4v) is 6.91. The van der Waals surface area contributed by atoms with Crippen LogP contribution in [0.1, 0.15) is 33.1 Å². The molecular weight excluding hydrogens is 474 g/mol. The number of benzene rings is 2. The van der Waals surface area contributed by atoms with Crippen molar-refractivity contribution < 1.29 is 21.6 Å². The van der Waals surface area contributed by atoms with Crippen molar-refractivity contribution in [3.05, 3.63) is 48.5 Å². The van der Waals surface area contributed by atoms with Crippen LogP contribution < -0.4 is 9.62 Å². The molecule has 2 heterocycles. The molecule has 0 amide bonds. The highest BCUT2D eigenvalue weighted by Gasteiger charge is 2.46. The highest BCUT2D eigenvalue weighted by molar-refractivity contribution is 7.92. The maximum Gasteiger partial charge on any atom is 0.261 e. The summed E-state index contributed by atoms with van der Waals surface area (Å²) in [7, 11) is -4.67. The molecule has 0 bridgehead atoms. The molecule has 0 atom stereocenters. The quantitative estimate of drug-likeness (QED) is 0.643. The highest BCUT2D eigenvalue weighted by atomic mass is 32.2. The van der Waals surface area contributed by atoms with Crippen LogP contribution in [0.5, 0.6) is 0 Å². The average Bonchev–Trinajstić information content (AvgIpc) is 3.08. The van der Waals surface area contributed by atoms with Crippen LogP contribution in [-0.4, -0.2) is 60.5 Å². The summed E-state index contributed by atoms with van der Waals surface area (Å²) in [5.74, 6) is 0. The van der Waals surface area contributed by atoms with E-state index in [9.17, 15) is 16.8 Å². The Morgan fingerprint density at radius 3 is 2.06 bits per heavy atom. The minimum Gasteiger partial charge on any atom is -0.375 e. The normalized spacial score (nSPS) is 20.1. The third-order valence-electron chi connectivity index (χ3n) is 6.80. The molecule has 0 radical (unpaired) electrons. The average molecular weight is 508 g/mol. The van der Waals surface area contributed by atoms with Gasteiger partial charge in [-0.15, -0.1) is 0 Å². The molecule has 2 fully saturated rings. The van der Waals surface area contributed by atoms with Crippen molar-refractivity contribution in [2.45, 2.75) is 48.5 Å². The monoisotopic (exact) mass is 507 g/mol. The second-order valence-electron chi connectivity index (χ2n) is 10.1. The number of nitrogens with zero attached hydrogens (tertiary/aromatic N) is 2. The van der Waals surface area contributed by atoms with Gasteiger partial charge in [-0.3, -0.25) is 4.72 Å². The zero-order valence-corrected chi connectivity index (χ0v) is 21.7. The highest BCUT2D eigenvalue weighted by Crippen LogP contribution is 2.47. The Morgan fingerprint density at radius 2 is 1.50 bits per heavy atom. The van der Waals surface area contributed by atoms with Crippen molar-refractivity contribution in [3.8, 4) is 0 Å². The molecule has 2 aromatic carbocycles. The third-order valence-corrected chi connectivity index (χ3v) is 10.0. The number of ether oxygens (including phenoxy) is 1. The van der Waals surface area contributed by atoms with Gasteiger partial charge in [-0.25, -0.2) is 21.1 Å². The first kappa shape index (κ1) is 25.0. The molecule has 8 nitrogen and oxygen atoms in total. The molecule has 34 heavy (non-hydrogen) atoms. The lowest BCUT2D eigenvalue weighted by Gasteiger charge is -2.40. The van der Waals surface area contributed by atoms with Gasteiger partial charge in [0.1, 0.15) is 0 Å². The van der Waals surface area contributed by atoms with E-state index in [4.69, 9.17) is 4.74 Å². The van der Waals surface area contributed by atoms with Gasteiger partial charge in [0.2, 0.25) is 10.0 Å². The summed E-state index contributed by atoms with van der Waals surface area (Å²) in [6.45, 7) is 6.72.